The van der Waals surface area contributed by atoms with Gasteiger partial charge < -0.3 is 15.2 Å². The monoisotopic (exact) mass is 493 g/mol. The molecule has 2 unspecified atom stereocenters. The van der Waals surface area contributed by atoms with E-state index in [1.807, 2.05) is 39.0 Å². The summed E-state index contributed by atoms with van der Waals surface area (Å²) in [5, 5.41) is 7.53. The van der Waals surface area contributed by atoms with E-state index in [1.165, 1.54) is 0 Å². The number of benzene rings is 2. The van der Waals surface area contributed by atoms with Crippen LogP contribution in [0.3, 0.4) is 0 Å². The SMILES string of the molecule is CC(C)(C)OC(=O)C1CN(CC2CN(c3ccc(C(=N)N)cc3)C(=O)O2)CCN1Cc1ccccc1. The minimum atomic E-state index is -0.572. The van der Waals surface area contributed by atoms with Gasteiger partial charge in [-0.25, -0.2) is 4.79 Å². The number of rotatable bonds is 7. The number of anilines is 1. The van der Waals surface area contributed by atoms with Gasteiger partial charge in [-0.2, -0.15) is 0 Å². The Bertz CT molecular complexity index is 1080. The largest absolute Gasteiger partial charge is 0.459 e. The van der Waals surface area contributed by atoms with Crippen LogP contribution >= 0.6 is 0 Å². The predicted octanol–water partition coefficient (Wildman–Crippen LogP) is 2.82. The summed E-state index contributed by atoms with van der Waals surface area (Å²) in [7, 11) is 0. The lowest BCUT2D eigenvalue weighted by Gasteiger charge is -2.41. The van der Waals surface area contributed by atoms with E-state index < -0.39 is 17.7 Å². The van der Waals surface area contributed by atoms with Crippen molar-refractivity contribution in [3.8, 4) is 0 Å². The number of nitrogens with one attached hydrogen (secondary N) is 1. The van der Waals surface area contributed by atoms with Crippen LogP contribution in [0.5, 0.6) is 0 Å². The van der Waals surface area contributed by atoms with Crippen LogP contribution in [0.2, 0.25) is 0 Å². The van der Waals surface area contributed by atoms with Gasteiger partial charge in [-0.3, -0.25) is 24.9 Å². The summed E-state index contributed by atoms with van der Waals surface area (Å²) < 4.78 is 11.4. The normalized spacial score (nSPS) is 21.3. The molecule has 2 fully saturated rings. The molecule has 36 heavy (non-hydrogen) atoms. The molecule has 0 spiro atoms. The van der Waals surface area contributed by atoms with Crippen molar-refractivity contribution in [1.82, 2.24) is 9.80 Å². The van der Waals surface area contributed by atoms with E-state index in [4.69, 9.17) is 20.6 Å². The van der Waals surface area contributed by atoms with Gasteiger partial charge in [0.2, 0.25) is 0 Å². The summed E-state index contributed by atoms with van der Waals surface area (Å²) in [6, 6.07) is 16.7. The molecule has 2 aliphatic rings. The molecule has 9 nitrogen and oxygen atoms in total. The van der Waals surface area contributed by atoms with Crippen molar-refractivity contribution in [3.63, 3.8) is 0 Å². The van der Waals surface area contributed by atoms with Crippen molar-refractivity contribution >= 4 is 23.6 Å². The van der Waals surface area contributed by atoms with Crippen molar-refractivity contribution in [1.29, 1.82) is 5.41 Å². The first-order valence-corrected chi connectivity index (χ1v) is 12.2. The van der Waals surface area contributed by atoms with Gasteiger partial charge in [0, 0.05) is 44.0 Å². The zero-order valence-corrected chi connectivity index (χ0v) is 21.1. The summed E-state index contributed by atoms with van der Waals surface area (Å²) in [6.07, 6.45) is -0.716. The molecule has 0 radical (unpaired) electrons. The molecule has 2 aromatic rings. The fraction of sp³-hybridized carbons (Fsp3) is 0.444. The number of carbonyl (C=O) groups is 2. The highest BCUT2D eigenvalue weighted by Crippen LogP contribution is 2.24. The summed E-state index contributed by atoms with van der Waals surface area (Å²) in [4.78, 5) is 31.7. The van der Waals surface area contributed by atoms with Crippen LogP contribution in [-0.2, 0) is 20.8 Å². The fourth-order valence-corrected chi connectivity index (χ4v) is 4.58. The Morgan fingerprint density at radius 1 is 1.08 bits per heavy atom. The molecule has 2 heterocycles. The maximum atomic E-state index is 13.2. The van der Waals surface area contributed by atoms with E-state index in [0.29, 0.717) is 44.0 Å². The second kappa shape index (κ2) is 10.7. The number of nitrogens with zero attached hydrogens (tertiary/aromatic N) is 3. The van der Waals surface area contributed by atoms with Gasteiger partial charge >= 0.3 is 12.1 Å². The minimum Gasteiger partial charge on any atom is -0.459 e. The number of esters is 1. The van der Waals surface area contributed by atoms with Crippen molar-refractivity contribution in [2.24, 2.45) is 5.73 Å². The second-order valence-electron chi connectivity index (χ2n) is 10.3. The number of amides is 1. The van der Waals surface area contributed by atoms with Gasteiger partial charge in [0.1, 0.15) is 23.6 Å². The first kappa shape index (κ1) is 25.7. The van der Waals surface area contributed by atoms with E-state index in [9.17, 15) is 9.59 Å². The van der Waals surface area contributed by atoms with Crippen LogP contribution in [0.4, 0.5) is 10.5 Å². The number of piperazine rings is 1. The molecule has 0 aliphatic carbocycles. The van der Waals surface area contributed by atoms with Crippen LogP contribution in [0.15, 0.2) is 54.6 Å². The first-order valence-electron chi connectivity index (χ1n) is 12.2. The standard InChI is InChI=1S/C27H35N5O4/c1-27(2,3)36-25(33)23-18-30(13-14-31(23)15-19-7-5-4-6-8-19)16-22-17-32(26(34)35-22)21-11-9-20(10-12-21)24(28)29/h4-12,22-23H,13-18H2,1-3H3,(H3,28,29). The maximum Gasteiger partial charge on any atom is 0.414 e. The molecule has 2 aliphatic heterocycles. The molecular formula is C27H35N5O4. The van der Waals surface area contributed by atoms with Crippen LogP contribution in [0, 0.1) is 5.41 Å². The van der Waals surface area contributed by atoms with Crippen LogP contribution in [0.25, 0.3) is 0 Å². The molecule has 0 saturated carbocycles. The molecule has 1 amide bonds. The molecule has 0 bridgehead atoms. The first-order chi connectivity index (χ1) is 17.1. The van der Waals surface area contributed by atoms with Crippen LogP contribution in [0.1, 0.15) is 31.9 Å². The molecular weight excluding hydrogens is 458 g/mol. The molecule has 2 atom stereocenters. The zero-order chi connectivity index (χ0) is 25.9. The molecule has 4 rings (SSSR count). The Hall–Kier alpha value is -3.43. The predicted molar refractivity (Wildman–Crippen MR) is 138 cm³/mol. The molecule has 192 valence electrons. The number of nitrogen functional groups attached to an aromatic ring is 1. The Kier molecular flexibility index (Phi) is 7.61. The number of nitrogens with two attached hydrogens (primary N) is 1. The van der Waals surface area contributed by atoms with Crippen molar-refractivity contribution < 1.29 is 19.1 Å². The summed E-state index contributed by atoms with van der Waals surface area (Å²) in [5.74, 6) is -0.256. The van der Waals surface area contributed by atoms with Gasteiger partial charge in [0.25, 0.3) is 0 Å². The van der Waals surface area contributed by atoms with Crippen molar-refractivity contribution in [2.75, 3.05) is 37.6 Å². The molecule has 2 aromatic carbocycles. The number of cyclic esters (lactones) is 1. The van der Waals surface area contributed by atoms with Gasteiger partial charge in [-0.1, -0.05) is 30.3 Å². The molecule has 9 heteroatoms. The Morgan fingerprint density at radius 2 is 1.78 bits per heavy atom. The van der Waals surface area contributed by atoms with E-state index in [-0.39, 0.29) is 17.9 Å². The van der Waals surface area contributed by atoms with E-state index in [2.05, 4.69) is 21.9 Å². The van der Waals surface area contributed by atoms with Gasteiger partial charge in [-0.05, 0) is 50.6 Å². The summed E-state index contributed by atoms with van der Waals surface area (Å²) in [5.41, 5.74) is 7.40. The third kappa shape index (κ3) is 6.41. The topological polar surface area (TPSA) is 112 Å². The second-order valence-corrected chi connectivity index (χ2v) is 10.3. The highest BCUT2D eigenvalue weighted by molar-refractivity contribution is 5.96. The minimum absolute atomic E-state index is 0.0191. The average Bonchev–Trinajstić information content (AvgIpc) is 3.19. The Morgan fingerprint density at radius 3 is 2.42 bits per heavy atom. The smallest absolute Gasteiger partial charge is 0.414 e. The molecule has 0 aromatic heterocycles. The third-order valence-corrected chi connectivity index (χ3v) is 6.31. The number of hydrogen-bond donors (Lipinski definition) is 2. The van der Waals surface area contributed by atoms with E-state index >= 15 is 0 Å². The highest BCUT2D eigenvalue weighted by atomic mass is 16.6. The highest BCUT2D eigenvalue weighted by Gasteiger charge is 2.38. The fourth-order valence-electron chi connectivity index (χ4n) is 4.58. The average molecular weight is 494 g/mol. The number of amidine groups is 1. The van der Waals surface area contributed by atoms with Crippen LogP contribution in [-0.4, -0.2) is 78.2 Å². The lowest BCUT2D eigenvalue weighted by atomic mass is 10.1. The van der Waals surface area contributed by atoms with Crippen molar-refractivity contribution in [2.45, 2.75) is 45.1 Å². The van der Waals surface area contributed by atoms with E-state index in [0.717, 1.165) is 12.1 Å². The summed E-state index contributed by atoms with van der Waals surface area (Å²) in [6.45, 7) is 9.22. The van der Waals surface area contributed by atoms with Crippen molar-refractivity contribution in [3.05, 3.63) is 65.7 Å². The summed E-state index contributed by atoms with van der Waals surface area (Å²) >= 11 is 0. The lowest BCUT2D eigenvalue weighted by Crippen LogP contribution is -2.58. The Balaban J connectivity index is 1.41. The third-order valence-electron chi connectivity index (χ3n) is 6.31. The van der Waals surface area contributed by atoms with Gasteiger partial charge in [-0.15, -0.1) is 0 Å². The van der Waals surface area contributed by atoms with Crippen LogP contribution < -0.4 is 10.6 Å². The number of carbonyl (C=O) groups excluding carboxylic acids is 2. The quantitative estimate of drug-likeness (QED) is 0.347. The molecule has 2 saturated heterocycles. The molecule has 3 N–H and O–H groups in total. The number of ether oxygens (including phenoxy) is 2. The van der Waals surface area contributed by atoms with E-state index in [1.54, 1.807) is 29.2 Å². The van der Waals surface area contributed by atoms with Gasteiger partial charge in [0.15, 0.2) is 0 Å². The lowest BCUT2D eigenvalue weighted by molar-refractivity contribution is -0.164. The maximum absolute atomic E-state index is 13.2. The van der Waals surface area contributed by atoms with Gasteiger partial charge in [0.05, 0.1) is 6.54 Å². The Labute approximate surface area is 212 Å². The zero-order valence-electron chi connectivity index (χ0n) is 21.1. The number of hydrogen-bond acceptors (Lipinski definition) is 7.